The summed E-state index contributed by atoms with van der Waals surface area (Å²) in [4.78, 5) is 0. The molecule has 1 aromatic carbocycles. The largest absolute Gasteiger partial charge is 0.469 e. The van der Waals surface area contributed by atoms with E-state index in [9.17, 15) is 4.39 Å². The Balaban J connectivity index is 2.22. The first kappa shape index (κ1) is 11.8. The molecule has 3 nitrogen and oxygen atoms in total. The van der Waals surface area contributed by atoms with Crippen molar-refractivity contribution in [3.8, 4) is 0 Å². The van der Waals surface area contributed by atoms with Gasteiger partial charge in [0.05, 0.1) is 12.3 Å². The predicted molar refractivity (Wildman–Crippen MR) is 63.6 cm³/mol. The summed E-state index contributed by atoms with van der Waals surface area (Å²) in [5.74, 6) is 6.07. The van der Waals surface area contributed by atoms with Crippen molar-refractivity contribution in [1.82, 2.24) is 5.43 Å². The highest BCUT2D eigenvalue weighted by Gasteiger charge is 2.13. The lowest BCUT2D eigenvalue weighted by atomic mass is 10.0. The lowest BCUT2D eigenvalue weighted by molar-refractivity contribution is 0.453. The van der Waals surface area contributed by atoms with Crippen molar-refractivity contribution in [2.75, 3.05) is 0 Å². The van der Waals surface area contributed by atoms with Crippen LogP contribution in [0, 0.1) is 12.7 Å². The van der Waals surface area contributed by atoms with E-state index in [4.69, 9.17) is 10.3 Å². The SMILES string of the molecule is Cc1cc(F)cc(C(Cc2ccco2)NN)c1. The van der Waals surface area contributed by atoms with Crippen LogP contribution in [-0.2, 0) is 6.42 Å². The Morgan fingerprint density at radius 2 is 2.24 bits per heavy atom. The van der Waals surface area contributed by atoms with Gasteiger partial charge in [0.15, 0.2) is 0 Å². The molecule has 2 aromatic rings. The standard InChI is InChI=1S/C13H15FN2O/c1-9-5-10(7-11(14)6-9)13(16-15)8-12-3-2-4-17-12/h2-7,13,16H,8,15H2,1H3. The zero-order chi connectivity index (χ0) is 12.3. The van der Waals surface area contributed by atoms with Crippen LogP contribution in [0.3, 0.4) is 0 Å². The molecule has 2 rings (SSSR count). The van der Waals surface area contributed by atoms with Gasteiger partial charge in [0.1, 0.15) is 11.6 Å². The summed E-state index contributed by atoms with van der Waals surface area (Å²) in [5.41, 5.74) is 4.38. The number of halogens is 1. The molecule has 0 saturated carbocycles. The summed E-state index contributed by atoms with van der Waals surface area (Å²) < 4.78 is 18.6. The van der Waals surface area contributed by atoms with Crippen molar-refractivity contribution in [2.45, 2.75) is 19.4 Å². The number of furan rings is 1. The van der Waals surface area contributed by atoms with Crippen LogP contribution in [0.2, 0.25) is 0 Å². The maximum Gasteiger partial charge on any atom is 0.123 e. The minimum Gasteiger partial charge on any atom is -0.469 e. The molecule has 0 aliphatic heterocycles. The van der Waals surface area contributed by atoms with Crippen LogP contribution in [0.25, 0.3) is 0 Å². The number of rotatable bonds is 4. The van der Waals surface area contributed by atoms with Gasteiger partial charge in [0, 0.05) is 6.42 Å². The van der Waals surface area contributed by atoms with E-state index in [0.717, 1.165) is 16.9 Å². The monoisotopic (exact) mass is 234 g/mol. The molecule has 17 heavy (non-hydrogen) atoms. The molecule has 0 aliphatic carbocycles. The Labute approximate surface area is 99.4 Å². The summed E-state index contributed by atoms with van der Waals surface area (Å²) in [6, 6.07) is 8.42. The number of hydrogen-bond acceptors (Lipinski definition) is 3. The average molecular weight is 234 g/mol. The number of nitrogens with one attached hydrogen (secondary N) is 1. The molecule has 4 heteroatoms. The first-order valence-electron chi connectivity index (χ1n) is 5.44. The van der Waals surface area contributed by atoms with Gasteiger partial charge in [-0.15, -0.1) is 0 Å². The molecule has 1 aromatic heterocycles. The van der Waals surface area contributed by atoms with E-state index in [1.54, 1.807) is 6.26 Å². The third-order valence-corrected chi connectivity index (χ3v) is 2.65. The molecular weight excluding hydrogens is 219 g/mol. The van der Waals surface area contributed by atoms with E-state index in [-0.39, 0.29) is 11.9 Å². The summed E-state index contributed by atoms with van der Waals surface area (Å²) in [7, 11) is 0. The highest BCUT2D eigenvalue weighted by atomic mass is 19.1. The second-order valence-corrected chi connectivity index (χ2v) is 4.06. The molecule has 0 fully saturated rings. The van der Waals surface area contributed by atoms with Gasteiger partial charge in [-0.25, -0.2) is 4.39 Å². The molecule has 1 unspecified atom stereocenters. The Morgan fingerprint density at radius 1 is 1.41 bits per heavy atom. The van der Waals surface area contributed by atoms with Crippen LogP contribution in [-0.4, -0.2) is 0 Å². The number of hydrazine groups is 1. The molecule has 0 radical (unpaired) electrons. The second-order valence-electron chi connectivity index (χ2n) is 4.06. The fourth-order valence-electron chi connectivity index (χ4n) is 1.87. The van der Waals surface area contributed by atoms with E-state index < -0.39 is 0 Å². The minimum atomic E-state index is -0.250. The Bertz CT molecular complexity index is 462. The van der Waals surface area contributed by atoms with Crippen molar-refractivity contribution < 1.29 is 8.81 Å². The smallest absolute Gasteiger partial charge is 0.123 e. The van der Waals surface area contributed by atoms with Crippen molar-refractivity contribution in [2.24, 2.45) is 5.84 Å². The van der Waals surface area contributed by atoms with E-state index >= 15 is 0 Å². The minimum absolute atomic E-state index is 0.157. The maximum absolute atomic E-state index is 13.3. The van der Waals surface area contributed by atoms with E-state index in [0.29, 0.717) is 6.42 Å². The molecule has 0 saturated heterocycles. The predicted octanol–water partition coefficient (Wildman–Crippen LogP) is 2.47. The molecule has 0 spiro atoms. The zero-order valence-electron chi connectivity index (χ0n) is 9.61. The summed E-state index contributed by atoms with van der Waals surface area (Å²) in [6.07, 6.45) is 2.20. The molecule has 1 heterocycles. The van der Waals surface area contributed by atoms with Gasteiger partial charge < -0.3 is 4.42 Å². The Kier molecular flexibility index (Phi) is 3.56. The van der Waals surface area contributed by atoms with Crippen molar-refractivity contribution in [3.05, 3.63) is 59.3 Å². The molecule has 90 valence electrons. The number of benzene rings is 1. The van der Waals surface area contributed by atoms with Gasteiger partial charge in [-0.3, -0.25) is 11.3 Å². The molecular formula is C13H15FN2O. The van der Waals surface area contributed by atoms with E-state index in [1.807, 2.05) is 25.1 Å². The fraction of sp³-hybridized carbons (Fsp3) is 0.231. The average Bonchev–Trinajstić information content (AvgIpc) is 2.77. The van der Waals surface area contributed by atoms with Crippen LogP contribution in [0.15, 0.2) is 41.0 Å². The Hall–Kier alpha value is -1.65. The topological polar surface area (TPSA) is 51.2 Å². The zero-order valence-corrected chi connectivity index (χ0v) is 9.61. The second kappa shape index (κ2) is 5.12. The first-order chi connectivity index (χ1) is 8.19. The van der Waals surface area contributed by atoms with Crippen molar-refractivity contribution in [3.63, 3.8) is 0 Å². The summed E-state index contributed by atoms with van der Waals surface area (Å²) in [5, 5.41) is 0. The van der Waals surface area contributed by atoms with Gasteiger partial charge >= 0.3 is 0 Å². The summed E-state index contributed by atoms with van der Waals surface area (Å²) >= 11 is 0. The van der Waals surface area contributed by atoms with Crippen LogP contribution in [0.4, 0.5) is 4.39 Å². The third-order valence-electron chi connectivity index (χ3n) is 2.65. The molecule has 3 N–H and O–H groups in total. The molecule has 0 amide bonds. The van der Waals surface area contributed by atoms with Gasteiger partial charge in [0.25, 0.3) is 0 Å². The highest BCUT2D eigenvalue weighted by Crippen LogP contribution is 2.20. The van der Waals surface area contributed by atoms with Crippen molar-refractivity contribution in [1.29, 1.82) is 0 Å². The lowest BCUT2D eigenvalue weighted by Crippen LogP contribution is -2.29. The van der Waals surface area contributed by atoms with Crippen LogP contribution in [0.5, 0.6) is 0 Å². The molecule has 0 aliphatic rings. The van der Waals surface area contributed by atoms with Gasteiger partial charge in [-0.2, -0.15) is 0 Å². The van der Waals surface area contributed by atoms with Gasteiger partial charge in [-0.1, -0.05) is 6.07 Å². The van der Waals surface area contributed by atoms with Gasteiger partial charge in [0.2, 0.25) is 0 Å². The van der Waals surface area contributed by atoms with Crippen LogP contribution in [0.1, 0.15) is 22.9 Å². The highest BCUT2D eigenvalue weighted by molar-refractivity contribution is 5.27. The molecule has 0 bridgehead atoms. The van der Waals surface area contributed by atoms with Gasteiger partial charge in [-0.05, 0) is 42.3 Å². The number of aryl methyl sites for hydroxylation is 1. The normalized spacial score (nSPS) is 12.6. The Morgan fingerprint density at radius 3 is 2.82 bits per heavy atom. The third kappa shape index (κ3) is 2.93. The van der Waals surface area contributed by atoms with E-state index in [2.05, 4.69) is 5.43 Å². The van der Waals surface area contributed by atoms with E-state index in [1.165, 1.54) is 12.1 Å². The summed E-state index contributed by atoms with van der Waals surface area (Å²) in [6.45, 7) is 1.85. The quantitative estimate of drug-likeness (QED) is 0.631. The van der Waals surface area contributed by atoms with Crippen LogP contribution < -0.4 is 11.3 Å². The number of hydrogen-bond donors (Lipinski definition) is 2. The molecule has 1 atom stereocenters. The lowest BCUT2D eigenvalue weighted by Gasteiger charge is -2.15. The van der Waals surface area contributed by atoms with Crippen molar-refractivity contribution >= 4 is 0 Å². The first-order valence-corrected chi connectivity index (χ1v) is 5.44. The fourth-order valence-corrected chi connectivity index (χ4v) is 1.87. The number of nitrogens with two attached hydrogens (primary N) is 1. The maximum atomic E-state index is 13.3. The van der Waals surface area contributed by atoms with Crippen LogP contribution >= 0.6 is 0 Å².